The van der Waals surface area contributed by atoms with Gasteiger partial charge in [0, 0.05) is 32.1 Å². The molecule has 2 fully saturated rings. The van der Waals surface area contributed by atoms with Crippen LogP contribution >= 0.6 is 0 Å². The molecule has 0 aromatic rings. The molecule has 0 radical (unpaired) electrons. The Morgan fingerprint density at radius 1 is 1.37 bits per heavy atom. The number of hydrogen-bond acceptors (Lipinski definition) is 3. The largest absolute Gasteiger partial charge is 0.393 e. The normalized spacial score (nSPS) is 30.4. The summed E-state index contributed by atoms with van der Waals surface area (Å²) in [5.74, 6) is 0.880. The maximum Gasteiger partial charge on any atom is 0.217 e. The Morgan fingerprint density at radius 2 is 2.05 bits per heavy atom. The first kappa shape index (κ1) is 14.8. The van der Waals surface area contributed by atoms with Crippen molar-refractivity contribution in [2.24, 2.45) is 11.8 Å². The number of nitrogens with one attached hydrogen (secondary N) is 1. The lowest BCUT2D eigenvalue weighted by atomic mass is 9.86. The number of carbonyl (C=O) groups is 1. The lowest BCUT2D eigenvalue weighted by Crippen LogP contribution is -2.51. The number of nitrogens with zero attached hydrogens (tertiary/aromatic N) is 1. The maximum absolute atomic E-state index is 11.3. The molecule has 0 aromatic heterocycles. The van der Waals surface area contributed by atoms with Crippen LogP contribution in [0.3, 0.4) is 0 Å². The zero-order chi connectivity index (χ0) is 14.0. The van der Waals surface area contributed by atoms with Gasteiger partial charge in [-0.25, -0.2) is 0 Å². The molecular weight excluding hydrogens is 240 g/mol. The summed E-state index contributed by atoms with van der Waals surface area (Å²) in [5, 5.41) is 13.1. The first-order valence-electron chi connectivity index (χ1n) is 7.65. The molecule has 110 valence electrons. The molecule has 1 saturated carbocycles. The molecule has 2 aliphatic rings. The predicted octanol–water partition coefficient (Wildman–Crippen LogP) is 1.38. The highest BCUT2D eigenvalue weighted by Gasteiger charge is 2.36. The van der Waals surface area contributed by atoms with Gasteiger partial charge in [-0.1, -0.05) is 13.8 Å². The van der Waals surface area contributed by atoms with Crippen LogP contribution in [-0.2, 0) is 4.79 Å². The van der Waals surface area contributed by atoms with Gasteiger partial charge in [0.05, 0.1) is 6.10 Å². The lowest BCUT2D eigenvalue weighted by molar-refractivity contribution is -0.120. The van der Waals surface area contributed by atoms with Gasteiger partial charge in [-0.05, 0) is 37.5 Å². The minimum atomic E-state index is -0.220. The number of likely N-dealkylation sites (tertiary alicyclic amines) is 1. The van der Waals surface area contributed by atoms with E-state index in [2.05, 4.69) is 24.1 Å². The Bertz CT molecular complexity index is 313. The van der Waals surface area contributed by atoms with Crippen molar-refractivity contribution in [3.63, 3.8) is 0 Å². The van der Waals surface area contributed by atoms with Crippen molar-refractivity contribution in [1.82, 2.24) is 10.2 Å². The van der Waals surface area contributed by atoms with Crippen molar-refractivity contribution < 1.29 is 9.90 Å². The molecule has 0 aromatic carbocycles. The Morgan fingerprint density at radius 3 is 2.58 bits per heavy atom. The van der Waals surface area contributed by atoms with E-state index in [0.717, 1.165) is 32.0 Å². The molecule has 2 N–H and O–H groups in total. The Hall–Kier alpha value is -0.610. The smallest absolute Gasteiger partial charge is 0.217 e. The quantitative estimate of drug-likeness (QED) is 0.792. The fraction of sp³-hybridized carbons (Fsp3) is 0.933. The molecule has 0 spiro atoms. The molecule has 4 heteroatoms. The third-order valence-electron chi connectivity index (χ3n) is 4.38. The van der Waals surface area contributed by atoms with Gasteiger partial charge in [-0.3, -0.25) is 9.69 Å². The van der Waals surface area contributed by atoms with Crippen LogP contribution in [0.25, 0.3) is 0 Å². The van der Waals surface area contributed by atoms with Crippen LogP contribution in [0.4, 0.5) is 0 Å². The summed E-state index contributed by atoms with van der Waals surface area (Å²) < 4.78 is 0. The van der Waals surface area contributed by atoms with Crippen LogP contribution in [0.2, 0.25) is 0 Å². The zero-order valence-electron chi connectivity index (χ0n) is 12.4. The van der Waals surface area contributed by atoms with E-state index < -0.39 is 0 Å². The molecule has 1 saturated heterocycles. The Labute approximate surface area is 116 Å². The number of rotatable bonds is 5. The minimum Gasteiger partial charge on any atom is -0.393 e. The topological polar surface area (TPSA) is 52.6 Å². The minimum absolute atomic E-state index is 0.0609. The van der Waals surface area contributed by atoms with Gasteiger partial charge < -0.3 is 10.4 Å². The SMILES string of the molecule is CC(=O)NC1CC(CC(O)C(C)C)CN(C2CC2)C1. The van der Waals surface area contributed by atoms with Gasteiger partial charge >= 0.3 is 0 Å². The van der Waals surface area contributed by atoms with Crippen molar-refractivity contribution in [2.45, 2.75) is 64.6 Å². The monoisotopic (exact) mass is 268 g/mol. The molecule has 19 heavy (non-hydrogen) atoms. The highest BCUT2D eigenvalue weighted by Crippen LogP contribution is 2.32. The van der Waals surface area contributed by atoms with Crippen molar-refractivity contribution in [3.8, 4) is 0 Å². The number of aliphatic hydroxyl groups is 1. The van der Waals surface area contributed by atoms with Crippen molar-refractivity contribution in [3.05, 3.63) is 0 Å². The summed E-state index contributed by atoms with van der Waals surface area (Å²) in [6.07, 6.45) is 4.24. The third-order valence-corrected chi connectivity index (χ3v) is 4.38. The number of amides is 1. The van der Waals surface area contributed by atoms with E-state index in [1.54, 1.807) is 6.92 Å². The second-order valence-electron chi connectivity index (χ2n) is 6.73. The van der Waals surface area contributed by atoms with E-state index in [1.807, 2.05) is 0 Å². The van der Waals surface area contributed by atoms with E-state index in [9.17, 15) is 9.90 Å². The van der Waals surface area contributed by atoms with Gasteiger partial charge in [-0.2, -0.15) is 0 Å². The van der Waals surface area contributed by atoms with Crippen molar-refractivity contribution >= 4 is 5.91 Å². The lowest BCUT2D eigenvalue weighted by Gasteiger charge is -2.39. The Kier molecular flexibility index (Phi) is 4.85. The summed E-state index contributed by atoms with van der Waals surface area (Å²) in [6.45, 7) is 7.80. The summed E-state index contributed by atoms with van der Waals surface area (Å²) in [6, 6.07) is 0.992. The molecule has 2 rings (SSSR count). The van der Waals surface area contributed by atoms with E-state index in [0.29, 0.717) is 11.8 Å². The van der Waals surface area contributed by atoms with Crippen LogP contribution in [0, 0.1) is 11.8 Å². The number of piperidine rings is 1. The van der Waals surface area contributed by atoms with Gasteiger partial charge in [0.25, 0.3) is 0 Å². The molecule has 0 bridgehead atoms. The first-order chi connectivity index (χ1) is 8.95. The van der Waals surface area contributed by atoms with Crippen LogP contribution in [-0.4, -0.2) is 47.2 Å². The molecular formula is C15H28N2O2. The van der Waals surface area contributed by atoms with E-state index in [4.69, 9.17) is 0 Å². The van der Waals surface area contributed by atoms with Gasteiger partial charge in [0.1, 0.15) is 0 Å². The van der Waals surface area contributed by atoms with Crippen LogP contribution in [0.1, 0.15) is 46.5 Å². The standard InChI is InChI=1S/C15H28N2O2/c1-10(2)15(19)7-12-6-13(16-11(3)18)9-17(8-12)14-4-5-14/h10,12-15,19H,4-9H2,1-3H3,(H,16,18). The maximum atomic E-state index is 11.3. The van der Waals surface area contributed by atoms with Gasteiger partial charge in [0.15, 0.2) is 0 Å². The second-order valence-corrected chi connectivity index (χ2v) is 6.73. The van der Waals surface area contributed by atoms with E-state index in [-0.39, 0.29) is 18.1 Å². The molecule has 3 unspecified atom stereocenters. The van der Waals surface area contributed by atoms with Crippen LogP contribution < -0.4 is 5.32 Å². The molecule has 1 amide bonds. The van der Waals surface area contributed by atoms with E-state index in [1.165, 1.54) is 12.8 Å². The highest BCUT2D eigenvalue weighted by molar-refractivity contribution is 5.73. The summed E-state index contributed by atoms with van der Waals surface area (Å²) >= 11 is 0. The molecule has 1 heterocycles. The zero-order valence-corrected chi connectivity index (χ0v) is 12.4. The van der Waals surface area contributed by atoms with Gasteiger partial charge in [0.2, 0.25) is 5.91 Å². The van der Waals surface area contributed by atoms with Gasteiger partial charge in [-0.15, -0.1) is 0 Å². The van der Waals surface area contributed by atoms with Crippen molar-refractivity contribution in [2.75, 3.05) is 13.1 Å². The average molecular weight is 268 g/mol. The second kappa shape index (κ2) is 6.23. The van der Waals surface area contributed by atoms with Crippen LogP contribution in [0.5, 0.6) is 0 Å². The fourth-order valence-electron chi connectivity index (χ4n) is 3.15. The summed E-state index contributed by atoms with van der Waals surface area (Å²) in [7, 11) is 0. The number of aliphatic hydroxyl groups excluding tert-OH is 1. The highest BCUT2D eigenvalue weighted by atomic mass is 16.3. The Balaban J connectivity index is 1.91. The van der Waals surface area contributed by atoms with E-state index >= 15 is 0 Å². The summed E-state index contributed by atoms with van der Waals surface area (Å²) in [4.78, 5) is 13.8. The fourth-order valence-corrected chi connectivity index (χ4v) is 3.15. The molecule has 3 atom stereocenters. The molecule has 4 nitrogen and oxygen atoms in total. The molecule has 1 aliphatic carbocycles. The third kappa shape index (κ3) is 4.46. The number of carbonyl (C=O) groups excluding carboxylic acids is 1. The number of hydrogen-bond donors (Lipinski definition) is 2. The molecule has 1 aliphatic heterocycles. The van der Waals surface area contributed by atoms with Crippen molar-refractivity contribution in [1.29, 1.82) is 0 Å². The summed E-state index contributed by atoms with van der Waals surface area (Å²) in [5.41, 5.74) is 0. The first-order valence-corrected chi connectivity index (χ1v) is 7.65. The average Bonchev–Trinajstić information content (AvgIpc) is 3.10. The van der Waals surface area contributed by atoms with Crippen LogP contribution in [0.15, 0.2) is 0 Å². The predicted molar refractivity (Wildman–Crippen MR) is 75.8 cm³/mol.